The predicted molar refractivity (Wildman–Crippen MR) is 57.0 cm³/mol. The van der Waals surface area contributed by atoms with Gasteiger partial charge in [-0.25, -0.2) is 0 Å². The molecule has 0 saturated carbocycles. The van der Waals surface area contributed by atoms with Crippen LogP contribution in [0.4, 0.5) is 5.69 Å². The van der Waals surface area contributed by atoms with Gasteiger partial charge in [0.1, 0.15) is 0 Å². The Labute approximate surface area is 83.2 Å². The first kappa shape index (κ1) is 8.64. The van der Waals surface area contributed by atoms with Crippen LogP contribution in [0.1, 0.15) is 24.3 Å². The van der Waals surface area contributed by atoms with E-state index < -0.39 is 0 Å². The second-order valence-electron chi connectivity index (χ2n) is 3.35. The van der Waals surface area contributed by atoms with Gasteiger partial charge in [-0.05, 0) is 25.0 Å². The van der Waals surface area contributed by atoms with E-state index in [0.717, 1.165) is 29.1 Å². The summed E-state index contributed by atoms with van der Waals surface area (Å²) in [5.41, 5.74) is 7.79. The minimum Gasteiger partial charge on any atom is -0.398 e. The van der Waals surface area contributed by atoms with Crippen LogP contribution in [0.3, 0.4) is 0 Å². The molecule has 1 nitrogen and oxygen atoms in total. The lowest BCUT2D eigenvalue weighted by Gasteiger charge is -2.12. The zero-order valence-electron chi connectivity index (χ0n) is 7.33. The highest BCUT2D eigenvalue weighted by Crippen LogP contribution is 2.36. The molecule has 1 unspecified atom stereocenters. The van der Waals surface area contributed by atoms with E-state index in [2.05, 4.69) is 12.2 Å². The molecule has 0 bridgehead atoms. The van der Waals surface area contributed by atoms with Gasteiger partial charge in [-0.2, -0.15) is 0 Å². The monoisotopic (exact) mass is 193 g/mol. The van der Waals surface area contributed by atoms with Crippen LogP contribution in [-0.2, 0) is 0 Å². The van der Waals surface area contributed by atoms with E-state index in [1.807, 2.05) is 18.2 Å². The fraction of sp³-hybridized carbons (Fsp3) is 0.273. The van der Waals surface area contributed by atoms with Crippen molar-refractivity contribution in [1.29, 1.82) is 0 Å². The molecule has 0 saturated heterocycles. The number of nitrogens with two attached hydrogens (primary N) is 1. The molecule has 68 valence electrons. The SMILES string of the molecule is Nc1cccc(Cl)c1C1C=CCC1. The quantitative estimate of drug-likeness (QED) is 0.537. The van der Waals surface area contributed by atoms with E-state index >= 15 is 0 Å². The van der Waals surface area contributed by atoms with Gasteiger partial charge in [0, 0.05) is 22.2 Å². The number of nitrogen functional groups attached to an aromatic ring is 1. The second kappa shape index (κ2) is 3.43. The molecule has 0 amide bonds. The summed E-state index contributed by atoms with van der Waals surface area (Å²) in [6.07, 6.45) is 6.65. The predicted octanol–water partition coefficient (Wildman–Crippen LogP) is 3.36. The average Bonchev–Trinajstić information content (AvgIpc) is 2.57. The molecule has 0 heterocycles. The van der Waals surface area contributed by atoms with Gasteiger partial charge in [0.05, 0.1) is 0 Å². The van der Waals surface area contributed by atoms with Crippen LogP contribution < -0.4 is 5.73 Å². The third-order valence-corrected chi connectivity index (χ3v) is 2.80. The number of benzene rings is 1. The van der Waals surface area contributed by atoms with Crippen molar-refractivity contribution < 1.29 is 0 Å². The topological polar surface area (TPSA) is 26.0 Å². The summed E-state index contributed by atoms with van der Waals surface area (Å²) in [7, 11) is 0. The summed E-state index contributed by atoms with van der Waals surface area (Å²) in [5, 5.41) is 0.788. The molecule has 1 atom stereocenters. The van der Waals surface area contributed by atoms with Crippen LogP contribution in [0.2, 0.25) is 5.02 Å². The lowest BCUT2D eigenvalue weighted by molar-refractivity contribution is 0.803. The summed E-state index contributed by atoms with van der Waals surface area (Å²) in [6.45, 7) is 0. The van der Waals surface area contributed by atoms with Crippen LogP contribution in [0.15, 0.2) is 30.4 Å². The molecule has 2 N–H and O–H groups in total. The number of halogens is 1. The highest BCUT2D eigenvalue weighted by atomic mass is 35.5. The number of rotatable bonds is 1. The van der Waals surface area contributed by atoms with E-state index in [9.17, 15) is 0 Å². The van der Waals surface area contributed by atoms with Crippen molar-refractivity contribution in [1.82, 2.24) is 0 Å². The van der Waals surface area contributed by atoms with Crippen LogP contribution in [0.25, 0.3) is 0 Å². The third-order valence-electron chi connectivity index (χ3n) is 2.47. The van der Waals surface area contributed by atoms with Crippen molar-refractivity contribution in [2.24, 2.45) is 0 Å². The van der Waals surface area contributed by atoms with Crippen molar-refractivity contribution in [3.05, 3.63) is 40.9 Å². The van der Waals surface area contributed by atoms with Gasteiger partial charge in [0.25, 0.3) is 0 Å². The van der Waals surface area contributed by atoms with Crippen molar-refractivity contribution in [3.63, 3.8) is 0 Å². The third kappa shape index (κ3) is 1.56. The molecular formula is C11H12ClN. The van der Waals surface area contributed by atoms with Gasteiger partial charge in [0.2, 0.25) is 0 Å². The number of anilines is 1. The van der Waals surface area contributed by atoms with Crippen LogP contribution in [0.5, 0.6) is 0 Å². The van der Waals surface area contributed by atoms with Gasteiger partial charge >= 0.3 is 0 Å². The maximum absolute atomic E-state index is 6.10. The Morgan fingerprint density at radius 2 is 2.23 bits per heavy atom. The molecule has 1 aromatic rings. The fourth-order valence-electron chi connectivity index (χ4n) is 1.82. The minimum atomic E-state index is 0.425. The molecule has 1 aliphatic carbocycles. The molecule has 2 rings (SSSR count). The molecule has 0 fully saturated rings. The zero-order valence-corrected chi connectivity index (χ0v) is 8.09. The molecule has 0 radical (unpaired) electrons. The maximum atomic E-state index is 6.10. The smallest absolute Gasteiger partial charge is 0.0464 e. The minimum absolute atomic E-state index is 0.425. The van der Waals surface area contributed by atoms with Gasteiger partial charge in [-0.1, -0.05) is 29.8 Å². The average molecular weight is 194 g/mol. The van der Waals surface area contributed by atoms with Crippen molar-refractivity contribution >= 4 is 17.3 Å². The lowest BCUT2D eigenvalue weighted by atomic mass is 9.97. The molecule has 1 aliphatic rings. The first-order chi connectivity index (χ1) is 6.29. The Bertz CT molecular complexity index is 324. The molecule has 1 aromatic carbocycles. The van der Waals surface area contributed by atoms with Gasteiger partial charge in [-0.15, -0.1) is 0 Å². The van der Waals surface area contributed by atoms with E-state index in [1.54, 1.807) is 0 Å². The van der Waals surface area contributed by atoms with Crippen LogP contribution >= 0.6 is 11.6 Å². The molecule has 13 heavy (non-hydrogen) atoms. The summed E-state index contributed by atoms with van der Waals surface area (Å²) in [5.74, 6) is 0.425. The van der Waals surface area contributed by atoms with Crippen molar-refractivity contribution in [2.45, 2.75) is 18.8 Å². The Hall–Kier alpha value is -0.950. The molecule has 0 spiro atoms. The number of hydrogen-bond donors (Lipinski definition) is 1. The summed E-state index contributed by atoms with van der Waals surface area (Å²) in [6, 6.07) is 5.70. The highest BCUT2D eigenvalue weighted by molar-refractivity contribution is 6.31. The van der Waals surface area contributed by atoms with E-state index in [4.69, 9.17) is 17.3 Å². The standard InChI is InChI=1S/C11H12ClN/c12-9-6-3-7-10(13)11(9)8-4-1-2-5-8/h1,3-4,6-8H,2,5,13H2. The van der Waals surface area contributed by atoms with Crippen molar-refractivity contribution in [2.75, 3.05) is 5.73 Å². The molecule has 0 aliphatic heterocycles. The highest BCUT2D eigenvalue weighted by Gasteiger charge is 2.16. The molecule has 2 heteroatoms. The van der Waals surface area contributed by atoms with Gasteiger partial charge in [0.15, 0.2) is 0 Å². The van der Waals surface area contributed by atoms with E-state index in [0.29, 0.717) is 5.92 Å². The number of allylic oxidation sites excluding steroid dienone is 2. The summed E-state index contributed by atoms with van der Waals surface area (Å²) in [4.78, 5) is 0. The fourth-order valence-corrected chi connectivity index (χ4v) is 2.14. The molecular weight excluding hydrogens is 182 g/mol. The Balaban J connectivity index is 2.43. The second-order valence-corrected chi connectivity index (χ2v) is 3.76. The Morgan fingerprint density at radius 3 is 2.85 bits per heavy atom. The first-order valence-electron chi connectivity index (χ1n) is 4.49. The van der Waals surface area contributed by atoms with E-state index in [-0.39, 0.29) is 0 Å². The Morgan fingerprint density at radius 1 is 1.38 bits per heavy atom. The first-order valence-corrected chi connectivity index (χ1v) is 4.87. The maximum Gasteiger partial charge on any atom is 0.0464 e. The van der Waals surface area contributed by atoms with E-state index in [1.165, 1.54) is 0 Å². The van der Waals surface area contributed by atoms with Crippen LogP contribution in [-0.4, -0.2) is 0 Å². The van der Waals surface area contributed by atoms with Gasteiger partial charge in [-0.3, -0.25) is 0 Å². The molecule has 0 aromatic heterocycles. The normalized spacial score (nSPS) is 20.8. The van der Waals surface area contributed by atoms with Crippen molar-refractivity contribution in [3.8, 4) is 0 Å². The van der Waals surface area contributed by atoms with Gasteiger partial charge < -0.3 is 5.73 Å². The number of hydrogen-bond acceptors (Lipinski definition) is 1. The summed E-state index contributed by atoms with van der Waals surface area (Å²) >= 11 is 6.10. The lowest BCUT2D eigenvalue weighted by Crippen LogP contribution is -1.98. The van der Waals surface area contributed by atoms with Crippen LogP contribution in [0, 0.1) is 0 Å². The zero-order chi connectivity index (χ0) is 9.26. The Kier molecular flexibility index (Phi) is 2.28. The largest absolute Gasteiger partial charge is 0.398 e. The summed E-state index contributed by atoms with van der Waals surface area (Å²) < 4.78 is 0.